The van der Waals surface area contributed by atoms with Crippen molar-refractivity contribution >= 4 is 9.84 Å². The highest BCUT2D eigenvalue weighted by Gasteiger charge is 2.14. The van der Waals surface area contributed by atoms with Gasteiger partial charge in [0.2, 0.25) is 0 Å². The summed E-state index contributed by atoms with van der Waals surface area (Å²) in [5, 5.41) is 0. The zero-order chi connectivity index (χ0) is 12.0. The van der Waals surface area contributed by atoms with E-state index in [1.807, 2.05) is 30.3 Å². The van der Waals surface area contributed by atoms with Gasteiger partial charge in [-0.3, -0.25) is 0 Å². The SMILES string of the molecule is CCS(=O)(=O)CCC(CN)c1ccccc1. The molecule has 0 amide bonds. The molecule has 0 fully saturated rings. The zero-order valence-electron chi connectivity index (χ0n) is 9.59. The molecule has 2 N–H and O–H groups in total. The predicted octanol–water partition coefficient (Wildman–Crippen LogP) is 1.55. The molecule has 90 valence electrons. The summed E-state index contributed by atoms with van der Waals surface area (Å²) >= 11 is 0. The van der Waals surface area contributed by atoms with E-state index in [4.69, 9.17) is 5.73 Å². The molecule has 1 unspecified atom stereocenters. The third kappa shape index (κ3) is 3.94. The molecule has 0 radical (unpaired) electrons. The molecule has 0 aliphatic carbocycles. The van der Waals surface area contributed by atoms with Crippen molar-refractivity contribution in [2.75, 3.05) is 18.1 Å². The van der Waals surface area contributed by atoms with Crippen molar-refractivity contribution in [3.63, 3.8) is 0 Å². The van der Waals surface area contributed by atoms with Crippen molar-refractivity contribution in [2.24, 2.45) is 5.73 Å². The van der Waals surface area contributed by atoms with Crippen LogP contribution in [0.3, 0.4) is 0 Å². The van der Waals surface area contributed by atoms with E-state index in [-0.39, 0.29) is 17.4 Å². The zero-order valence-corrected chi connectivity index (χ0v) is 10.4. The first-order chi connectivity index (χ1) is 7.59. The Balaban J connectivity index is 2.64. The fourth-order valence-electron chi connectivity index (χ4n) is 1.61. The Labute approximate surface area is 97.6 Å². The largest absolute Gasteiger partial charge is 0.330 e. The molecule has 1 aromatic rings. The summed E-state index contributed by atoms with van der Waals surface area (Å²) in [6.45, 7) is 2.17. The van der Waals surface area contributed by atoms with Crippen LogP contribution in [0.2, 0.25) is 0 Å². The van der Waals surface area contributed by atoms with Crippen molar-refractivity contribution in [1.82, 2.24) is 0 Å². The highest BCUT2D eigenvalue weighted by Crippen LogP contribution is 2.18. The van der Waals surface area contributed by atoms with Gasteiger partial charge in [-0.05, 0) is 24.4 Å². The second-order valence-corrected chi connectivity index (χ2v) is 6.34. The van der Waals surface area contributed by atoms with Crippen molar-refractivity contribution in [3.05, 3.63) is 35.9 Å². The molecule has 0 saturated carbocycles. The second-order valence-electron chi connectivity index (χ2n) is 3.87. The summed E-state index contributed by atoms with van der Waals surface area (Å²) < 4.78 is 22.8. The summed E-state index contributed by atoms with van der Waals surface area (Å²) in [5.41, 5.74) is 6.80. The van der Waals surface area contributed by atoms with Crippen molar-refractivity contribution < 1.29 is 8.42 Å². The van der Waals surface area contributed by atoms with Crippen LogP contribution in [-0.2, 0) is 9.84 Å². The van der Waals surface area contributed by atoms with Crippen LogP contribution in [0.1, 0.15) is 24.8 Å². The van der Waals surface area contributed by atoms with Gasteiger partial charge in [0.15, 0.2) is 0 Å². The lowest BCUT2D eigenvalue weighted by molar-refractivity contribution is 0.586. The number of nitrogens with two attached hydrogens (primary N) is 1. The summed E-state index contributed by atoms with van der Waals surface area (Å²) in [6.07, 6.45) is 0.608. The Hall–Kier alpha value is -0.870. The van der Waals surface area contributed by atoms with Crippen LogP contribution in [-0.4, -0.2) is 26.5 Å². The van der Waals surface area contributed by atoms with E-state index >= 15 is 0 Å². The predicted molar refractivity (Wildman–Crippen MR) is 67.2 cm³/mol. The van der Waals surface area contributed by atoms with Crippen LogP contribution >= 0.6 is 0 Å². The summed E-state index contributed by atoms with van der Waals surface area (Å²) in [6, 6.07) is 9.84. The summed E-state index contributed by atoms with van der Waals surface area (Å²) in [5.74, 6) is 0.571. The van der Waals surface area contributed by atoms with Crippen LogP contribution in [0.5, 0.6) is 0 Å². The molecular formula is C12H19NO2S. The third-order valence-electron chi connectivity index (χ3n) is 2.77. The Kier molecular flexibility index (Phi) is 4.96. The molecule has 1 rings (SSSR count). The Bertz CT molecular complexity index is 400. The first-order valence-corrected chi connectivity index (χ1v) is 7.36. The van der Waals surface area contributed by atoms with E-state index < -0.39 is 9.84 Å². The van der Waals surface area contributed by atoms with Crippen molar-refractivity contribution in [2.45, 2.75) is 19.3 Å². The fraction of sp³-hybridized carbons (Fsp3) is 0.500. The number of hydrogen-bond acceptors (Lipinski definition) is 3. The van der Waals surface area contributed by atoms with Gasteiger partial charge in [-0.2, -0.15) is 0 Å². The van der Waals surface area contributed by atoms with Gasteiger partial charge in [0, 0.05) is 5.75 Å². The van der Waals surface area contributed by atoms with Gasteiger partial charge < -0.3 is 5.73 Å². The molecule has 4 heteroatoms. The molecule has 0 aliphatic heterocycles. The molecule has 3 nitrogen and oxygen atoms in total. The molecular weight excluding hydrogens is 222 g/mol. The quantitative estimate of drug-likeness (QED) is 0.822. The van der Waals surface area contributed by atoms with Crippen LogP contribution in [0, 0.1) is 0 Å². The van der Waals surface area contributed by atoms with Crippen molar-refractivity contribution in [1.29, 1.82) is 0 Å². The normalized spacial score (nSPS) is 13.6. The molecule has 16 heavy (non-hydrogen) atoms. The summed E-state index contributed by atoms with van der Waals surface area (Å²) in [4.78, 5) is 0. The molecule has 0 aliphatic rings. The van der Waals surface area contributed by atoms with E-state index in [1.54, 1.807) is 6.92 Å². The average Bonchev–Trinajstić information content (AvgIpc) is 2.31. The van der Waals surface area contributed by atoms with Crippen LogP contribution in [0.4, 0.5) is 0 Å². The molecule has 0 bridgehead atoms. The minimum atomic E-state index is -2.89. The number of hydrogen-bond donors (Lipinski definition) is 1. The highest BCUT2D eigenvalue weighted by molar-refractivity contribution is 7.91. The maximum absolute atomic E-state index is 11.4. The van der Waals surface area contributed by atoms with Gasteiger partial charge in [0.25, 0.3) is 0 Å². The monoisotopic (exact) mass is 241 g/mol. The smallest absolute Gasteiger partial charge is 0.150 e. The topological polar surface area (TPSA) is 60.2 Å². The van der Waals surface area contributed by atoms with Gasteiger partial charge in [0.05, 0.1) is 5.75 Å². The lowest BCUT2D eigenvalue weighted by Gasteiger charge is -2.14. The highest BCUT2D eigenvalue weighted by atomic mass is 32.2. The average molecular weight is 241 g/mol. The fourth-order valence-corrected chi connectivity index (χ4v) is 2.54. The van der Waals surface area contributed by atoms with Gasteiger partial charge in [-0.1, -0.05) is 37.3 Å². The van der Waals surface area contributed by atoms with Crippen molar-refractivity contribution in [3.8, 4) is 0 Å². The van der Waals surface area contributed by atoms with Crippen LogP contribution < -0.4 is 5.73 Å². The van der Waals surface area contributed by atoms with Crippen LogP contribution in [0.25, 0.3) is 0 Å². The molecule has 1 aromatic carbocycles. The van der Waals surface area contributed by atoms with E-state index in [9.17, 15) is 8.42 Å². The summed E-state index contributed by atoms with van der Waals surface area (Å²) in [7, 11) is -2.89. The minimum absolute atomic E-state index is 0.141. The molecule has 0 saturated heterocycles. The number of benzene rings is 1. The Morgan fingerprint density at radius 1 is 1.25 bits per heavy atom. The number of sulfone groups is 1. The maximum Gasteiger partial charge on any atom is 0.150 e. The van der Waals surface area contributed by atoms with E-state index in [0.29, 0.717) is 13.0 Å². The van der Waals surface area contributed by atoms with E-state index in [1.165, 1.54) is 0 Å². The first kappa shape index (κ1) is 13.2. The van der Waals surface area contributed by atoms with Crippen LogP contribution in [0.15, 0.2) is 30.3 Å². The molecule has 1 atom stereocenters. The van der Waals surface area contributed by atoms with E-state index in [0.717, 1.165) is 5.56 Å². The first-order valence-electron chi connectivity index (χ1n) is 5.54. The van der Waals surface area contributed by atoms with Gasteiger partial charge >= 0.3 is 0 Å². The molecule has 0 heterocycles. The van der Waals surface area contributed by atoms with Gasteiger partial charge in [-0.25, -0.2) is 8.42 Å². The maximum atomic E-state index is 11.4. The van der Waals surface area contributed by atoms with Gasteiger partial charge in [-0.15, -0.1) is 0 Å². The Morgan fingerprint density at radius 2 is 1.88 bits per heavy atom. The second kappa shape index (κ2) is 6.01. The standard InChI is InChI=1S/C12H19NO2S/c1-2-16(14,15)9-8-12(10-13)11-6-4-3-5-7-11/h3-7,12H,2,8-10,13H2,1H3. The van der Waals surface area contributed by atoms with Gasteiger partial charge in [0.1, 0.15) is 9.84 Å². The number of rotatable bonds is 6. The molecule has 0 aromatic heterocycles. The van der Waals surface area contributed by atoms with E-state index in [2.05, 4.69) is 0 Å². The third-order valence-corrected chi connectivity index (χ3v) is 4.51. The Morgan fingerprint density at radius 3 is 2.38 bits per heavy atom. The minimum Gasteiger partial charge on any atom is -0.330 e. The lowest BCUT2D eigenvalue weighted by atomic mass is 9.97. The molecule has 0 spiro atoms. The lowest BCUT2D eigenvalue weighted by Crippen LogP contribution is -2.18.